The molecule has 4 heteroatoms. The summed E-state index contributed by atoms with van der Waals surface area (Å²) in [5.41, 5.74) is 0.797. The van der Waals surface area contributed by atoms with Crippen LogP contribution in [0.2, 0.25) is 0 Å². The normalized spacial score (nSPS) is 11.3. The van der Waals surface area contributed by atoms with Crippen molar-refractivity contribution in [1.82, 2.24) is 4.98 Å². The molecule has 70 valence electrons. The average molecular weight is 243 g/mol. The van der Waals surface area contributed by atoms with Gasteiger partial charge in [0, 0.05) is 11.6 Å². The monoisotopic (exact) mass is 242 g/mol. The Morgan fingerprint density at radius 1 is 1.54 bits per heavy atom. The Morgan fingerprint density at radius 3 is 2.69 bits per heavy atom. The highest BCUT2D eigenvalue weighted by Gasteiger charge is 2.20. The fraction of sp³-hybridized carbons (Fsp3) is 0.444. The highest BCUT2D eigenvalue weighted by molar-refractivity contribution is 9.10. The van der Waals surface area contributed by atoms with Crippen LogP contribution in [-0.2, 0) is 5.41 Å². The van der Waals surface area contributed by atoms with Crippen LogP contribution >= 0.6 is 15.9 Å². The van der Waals surface area contributed by atoms with Gasteiger partial charge in [0.25, 0.3) is 0 Å². The number of nitroso groups, excluding NO2 is 1. The molecule has 0 saturated heterocycles. The maximum Gasteiger partial charge on any atom is 0.106 e. The largest absolute Gasteiger partial charge is 0.249 e. The minimum absolute atomic E-state index is 0.227. The van der Waals surface area contributed by atoms with E-state index in [2.05, 4.69) is 26.1 Å². The zero-order valence-electron chi connectivity index (χ0n) is 7.62. The number of halogens is 1. The van der Waals surface area contributed by atoms with E-state index in [0.29, 0.717) is 0 Å². The van der Waals surface area contributed by atoms with Crippen molar-refractivity contribution in [2.24, 2.45) is 5.18 Å². The van der Waals surface area contributed by atoms with Gasteiger partial charge in [-0.05, 0) is 27.6 Å². The molecule has 1 rings (SSSR count). The van der Waals surface area contributed by atoms with Gasteiger partial charge in [0.15, 0.2) is 0 Å². The number of aromatic nitrogens is 1. The van der Waals surface area contributed by atoms with Gasteiger partial charge in [-0.3, -0.25) is 0 Å². The Kier molecular flexibility index (Phi) is 3.14. The van der Waals surface area contributed by atoms with Crippen LogP contribution in [-0.4, -0.2) is 11.5 Å². The molecule has 0 aliphatic heterocycles. The second-order valence-corrected chi connectivity index (χ2v) is 4.35. The molecular weight excluding hydrogens is 232 g/mol. The van der Waals surface area contributed by atoms with Crippen LogP contribution < -0.4 is 0 Å². The molecule has 0 aliphatic carbocycles. The van der Waals surface area contributed by atoms with E-state index >= 15 is 0 Å². The van der Waals surface area contributed by atoms with Gasteiger partial charge in [-0.15, -0.1) is 0 Å². The lowest BCUT2D eigenvalue weighted by molar-refractivity contribution is 0.536. The summed E-state index contributed by atoms with van der Waals surface area (Å²) in [5, 5.41) is 2.92. The van der Waals surface area contributed by atoms with Gasteiger partial charge in [0.2, 0.25) is 0 Å². The molecule has 0 unspecified atom stereocenters. The number of hydrogen-bond acceptors (Lipinski definition) is 3. The Balaban J connectivity index is 2.93. The third-order valence-corrected chi connectivity index (χ3v) is 2.44. The first-order valence-electron chi connectivity index (χ1n) is 3.97. The van der Waals surface area contributed by atoms with Crippen molar-refractivity contribution < 1.29 is 0 Å². The van der Waals surface area contributed by atoms with Gasteiger partial charge in [-0.2, -0.15) is 4.91 Å². The van der Waals surface area contributed by atoms with E-state index < -0.39 is 0 Å². The van der Waals surface area contributed by atoms with Crippen LogP contribution in [0.15, 0.2) is 28.1 Å². The van der Waals surface area contributed by atoms with E-state index in [9.17, 15) is 4.91 Å². The molecule has 3 nitrogen and oxygen atoms in total. The third-order valence-electron chi connectivity index (χ3n) is 1.97. The van der Waals surface area contributed by atoms with Gasteiger partial charge in [-0.25, -0.2) is 4.98 Å². The van der Waals surface area contributed by atoms with E-state index in [-0.39, 0.29) is 12.0 Å². The van der Waals surface area contributed by atoms with E-state index in [1.54, 1.807) is 6.20 Å². The maximum absolute atomic E-state index is 10.2. The summed E-state index contributed by atoms with van der Waals surface area (Å²) in [6.45, 7) is 4.22. The Labute approximate surface area is 85.7 Å². The minimum Gasteiger partial charge on any atom is -0.249 e. The standard InChI is InChI=1S/C9H11BrN2O/c1-9(2,6-12-13)7-3-4-8(10)11-5-7/h3-5H,6H2,1-2H3. The third kappa shape index (κ3) is 2.59. The van der Waals surface area contributed by atoms with Gasteiger partial charge in [0.1, 0.15) is 4.60 Å². The molecule has 0 aliphatic rings. The second-order valence-electron chi connectivity index (χ2n) is 3.54. The van der Waals surface area contributed by atoms with Gasteiger partial charge < -0.3 is 0 Å². The summed E-state index contributed by atoms with van der Waals surface area (Å²) in [5.74, 6) is 0. The van der Waals surface area contributed by atoms with E-state index in [1.807, 2.05) is 26.0 Å². The Hall–Kier alpha value is -0.770. The number of rotatable bonds is 3. The first-order chi connectivity index (χ1) is 6.06. The Bertz CT molecular complexity index is 295. The molecule has 0 amide bonds. The molecule has 0 saturated carbocycles. The van der Waals surface area contributed by atoms with Crippen molar-refractivity contribution in [3.63, 3.8) is 0 Å². The lowest BCUT2D eigenvalue weighted by Gasteiger charge is -2.20. The molecule has 0 bridgehead atoms. The lowest BCUT2D eigenvalue weighted by atomic mass is 9.86. The SMILES string of the molecule is CC(C)(CN=O)c1ccc(Br)nc1. The van der Waals surface area contributed by atoms with Crippen LogP contribution in [0.25, 0.3) is 0 Å². The summed E-state index contributed by atoms with van der Waals surface area (Å²) in [6.07, 6.45) is 1.76. The molecule has 0 spiro atoms. The van der Waals surface area contributed by atoms with E-state index in [0.717, 1.165) is 10.2 Å². The molecule has 1 aromatic rings. The first-order valence-corrected chi connectivity index (χ1v) is 4.77. The predicted octanol–water partition coefficient (Wildman–Crippen LogP) is 2.89. The van der Waals surface area contributed by atoms with Gasteiger partial charge >= 0.3 is 0 Å². The van der Waals surface area contributed by atoms with E-state index in [1.165, 1.54) is 0 Å². The van der Waals surface area contributed by atoms with Gasteiger partial charge in [0.05, 0.1) is 6.54 Å². The quantitative estimate of drug-likeness (QED) is 0.605. The van der Waals surface area contributed by atoms with Crippen LogP contribution in [0.1, 0.15) is 19.4 Å². The number of nitrogens with zero attached hydrogens (tertiary/aromatic N) is 2. The molecule has 0 aromatic carbocycles. The van der Waals surface area contributed by atoms with Crippen LogP contribution in [0, 0.1) is 4.91 Å². The summed E-state index contributed by atoms with van der Waals surface area (Å²) in [4.78, 5) is 14.3. The zero-order chi connectivity index (χ0) is 9.90. The first kappa shape index (κ1) is 10.3. The topological polar surface area (TPSA) is 42.3 Å². The minimum atomic E-state index is -0.227. The van der Waals surface area contributed by atoms with Crippen LogP contribution in [0.5, 0.6) is 0 Å². The molecule has 0 atom stereocenters. The molecule has 0 radical (unpaired) electrons. The Morgan fingerprint density at radius 2 is 2.23 bits per heavy atom. The zero-order valence-corrected chi connectivity index (χ0v) is 9.21. The average Bonchev–Trinajstić information content (AvgIpc) is 2.05. The van der Waals surface area contributed by atoms with Crippen molar-refractivity contribution in [1.29, 1.82) is 0 Å². The fourth-order valence-electron chi connectivity index (χ4n) is 1.03. The predicted molar refractivity (Wildman–Crippen MR) is 55.6 cm³/mol. The fourth-order valence-corrected chi connectivity index (χ4v) is 1.26. The van der Waals surface area contributed by atoms with Crippen LogP contribution in [0.4, 0.5) is 0 Å². The molecule has 13 heavy (non-hydrogen) atoms. The molecule has 0 N–H and O–H groups in total. The molecular formula is C9H11BrN2O. The van der Waals surface area contributed by atoms with Crippen molar-refractivity contribution in [3.05, 3.63) is 33.4 Å². The highest BCUT2D eigenvalue weighted by atomic mass is 79.9. The van der Waals surface area contributed by atoms with Crippen LogP contribution in [0.3, 0.4) is 0 Å². The van der Waals surface area contributed by atoms with Crippen molar-refractivity contribution in [3.8, 4) is 0 Å². The summed E-state index contributed by atoms with van der Waals surface area (Å²) in [7, 11) is 0. The summed E-state index contributed by atoms with van der Waals surface area (Å²) in [6, 6.07) is 3.81. The summed E-state index contributed by atoms with van der Waals surface area (Å²) >= 11 is 3.25. The molecule has 0 fully saturated rings. The highest BCUT2D eigenvalue weighted by Crippen LogP contribution is 2.23. The van der Waals surface area contributed by atoms with Crippen molar-refractivity contribution in [2.45, 2.75) is 19.3 Å². The summed E-state index contributed by atoms with van der Waals surface area (Å²) < 4.78 is 0.797. The number of pyridine rings is 1. The van der Waals surface area contributed by atoms with E-state index in [4.69, 9.17) is 0 Å². The molecule has 1 aromatic heterocycles. The lowest BCUT2D eigenvalue weighted by Crippen LogP contribution is -2.20. The smallest absolute Gasteiger partial charge is 0.106 e. The molecule has 1 heterocycles. The maximum atomic E-state index is 10.2. The second kappa shape index (κ2) is 3.96. The van der Waals surface area contributed by atoms with Crippen molar-refractivity contribution in [2.75, 3.05) is 6.54 Å². The van der Waals surface area contributed by atoms with Crippen molar-refractivity contribution >= 4 is 15.9 Å². The van der Waals surface area contributed by atoms with Gasteiger partial charge in [-0.1, -0.05) is 25.1 Å². The number of hydrogen-bond donors (Lipinski definition) is 0.